The number of hydrogen-bond donors (Lipinski definition) is 1. The van der Waals surface area contributed by atoms with Crippen molar-refractivity contribution < 1.29 is 28.9 Å². The minimum atomic E-state index is -1.67. The molecule has 0 heterocycles. The van der Waals surface area contributed by atoms with Crippen LogP contribution in [0.3, 0.4) is 0 Å². The maximum atomic E-state index is 13.1. The van der Waals surface area contributed by atoms with Gasteiger partial charge in [-0.2, -0.15) is 0 Å². The van der Waals surface area contributed by atoms with Crippen molar-refractivity contribution in [2.24, 2.45) is 5.92 Å². The topological polar surface area (TPSA) is 82.1 Å². The highest BCUT2D eigenvalue weighted by Crippen LogP contribution is 2.42. The smallest absolute Gasteiger partial charge is 0.161 e. The van der Waals surface area contributed by atoms with Gasteiger partial charge in [-0.3, -0.25) is 9.59 Å². The quantitative estimate of drug-likeness (QED) is 0.449. The van der Waals surface area contributed by atoms with Gasteiger partial charge in [0, 0.05) is 6.42 Å². The molecule has 0 fully saturated rings. The highest BCUT2D eigenvalue weighted by molar-refractivity contribution is 6.01. The van der Waals surface area contributed by atoms with Gasteiger partial charge >= 0.3 is 0 Å². The van der Waals surface area contributed by atoms with Crippen LogP contribution in [0.1, 0.15) is 44.6 Å². The molecule has 2 unspecified atom stereocenters. The lowest BCUT2D eigenvalue weighted by molar-refractivity contribution is -0.134. The van der Waals surface area contributed by atoms with Gasteiger partial charge in [-0.25, -0.2) is 0 Å². The van der Waals surface area contributed by atoms with Crippen molar-refractivity contribution in [3.63, 3.8) is 0 Å². The Morgan fingerprint density at radius 1 is 1.07 bits per heavy atom. The van der Waals surface area contributed by atoms with Crippen molar-refractivity contribution in [3.05, 3.63) is 47.7 Å². The number of carbonyl (C=O) groups excluding carboxylic acids is 2. The Morgan fingerprint density at radius 3 is 2.41 bits per heavy atom. The summed E-state index contributed by atoms with van der Waals surface area (Å²) in [5, 5.41) is 11.5. The second-order valence-corrected chi connectivity index (χ2v) is 7.10. The molecule has 1 aliphatic carbocycles. The number of Topliss-reactive ketones (excluding diaryl/α,β-unsaturated/α-hetero) is 2. The second-order valence-electron chi connectivity index (χ2n) is 7.10. The van der Waals surface area contributed by atoms with E-state index in [9.17, 15) is 14.7 Å². The van der Waals surface area contributed by atoms with E-state index in [1.54, 1.807) is 36.4 Å². The molecule has 0 radical (unpaired) electrons. The van der Waals surface area contributed by atoms with Gasteiger partial charge in [0.2, 0.25) is 0 Å². The van der Waals surface area contributed by atoms with E-state index in [4.69, 9.17) is 14.2 Å². The van der Waals surface area contributed by atoms with Crippen LogP contribution in [0.5, 0.6) is 11.5 Å². The zero-order chi connectivity index (χ0) is 21.4. The van der Waals surface area contributed by atoms with Gasteiger partial charge in [-0.05, 0) is 36.3 Å². The first kappa shape index (κ1) is 22.7. The fraction of sp³-hybridized carbons (Fsp3) is 0.478. The first-order valence-corrected chi connectivity index (χ1v) is 9.83. The predicted molar refractivity (Wildman–Crippen MR) is 110 cm³/mol. The predicted octanol–water partition coefficient (Wildman–Crippen LogP) is 3.72. The molecule has 29 heavy (non-hydrogen) atoms. The molecule has 158 valence electrons. The van der Waals surface area contributed by atoms with Crippen LogP contribution in [-0.4, -0.2) is 38.0 Å². The number of hydrogen-bond acceptors (Lipinski definition) is 6. The van der Waals surface area contributed by atoms with Crippen LogP contribution in [0, 0.1) is 5.92 Å². The van der Waals surface area contributed by atoms with E-state index in [0.717, 1.165) is 19.3 Å². The fourth-order valence-electron chi connectivity index (χ4n) is 3.59. The first-order chi connectivity index (χ1) is 13.9. The molecule has 6 nitrogen and oxygen atoms in total. The number of aliphatic hydroxyl groups is 1. The Kier molecular flexibility index (Phi) is 8.02. The molecule has 0 saturated carbocycles. The van der Waals surface area contributed by atoms with Gasteiger partial charge in [0.05, 0.1) is 27.8 Å². The summed E-state index contributed by atoms with van der Waals surface area (Å²) >= 11 is 0. The lowest BCUT2D eigenvalue weighted by Gasteiger charge is -2.36. The molecule has 0 aliphatic heterocycles. The molecule has 0 spiro atoms. The number of rotatable bonds is 11. The van der Waals surface area contributed by atoms with E-state index in [2.05, 4.69) is 6.92 Å². The number of benzene rings is 1. The summed E-state index contributed by atoms with van der Waals surface area (Å²) < 4.78 is 16.0. The molecule has 1 N–H and O–H groups in total. The summed E-state index contributed by atoms with van der Waals surface area (Å²) in [7, 11) is 4.47. The average molecular weight is 402 g/mol. The van der Waals surface area contributed by atoms with E-state index in [0.29, 0.717) is 29.2 Å². The number of methoxy groups -OCH3 is 3. The summed E-state index contributed by atoms with van der Waals surface area (Å²) in [6.45, 7) is 2.06. The van der Waals surface area contributed by atoms with Crippen LogP contribution < -0.4 is 9.47 Å². The third-order valence-corrected chi connectivity index (χ3v) is 5.17. The Morgan fingerprint density at radius 2 is 1.79 bits per heavy atom. The zero-order valence-electron chi connectivity index (χ0n) is 17.6. The van der Waals surface area contributed by atoms with E-state index in [-0.39, 0.29) is 18.0 Å². The second kappa shape index (κ2) is 10.3. The fourth-order valence-corrected chi connectivity index (χ4v) is 3.59. The van der Waals surface area contributed by atoms with Gasteiger partial charge < -0.3 is 19.3 Å². The Hall–Kier alpha value is -2.60. The van der Waals surface area contributed by atoms with E-state index >= 15 is 0 Å². The maximum absolute atomic E-state index is 13.1. The van der Waals surface area contributed by atoms with Gasteiger partial charge in [0.15, 0.2) is 17.3 Å². The summed E-state index contributed by atoms with van der Waals surface area (Å²) in [5.41, 5.74) is -1.22. The third-order valence-electron chi connectivity index (χ3n) is 5.17. The molecule has 0 amide bonds. The van der Waals surface area contributed by atoms with Gasteiger partial charge in [0.1, 0.15) is 23.1 Å². The van der Waals surface area contributed by atoms with E-state index < -0.39 is 11.5 Å². The molecule has 0 aromatic heterocycles. The Bertz CT molecular complexity index is 795. The van der Waals surface area contributed by atoms with E-state index in [1.165, 1.54) is 21.3 Å². The van der Waals surface area contributed by atoms with Crippen LogP contribution in [0.2, 0.25) is 0 Å². The monoisotopic (exact) mass is 402 g/mol. The number of ketones is 2. The van der Waals surface area contributed by atoms with Crippen molar-refractivity contribution in [1.29, 1.82) is 0 Å². The van der Waals surface area contributed by atoms with Crippen molar-refractivity contribution in [2.75, 3.05) is 21.3 Å². The molecule has 0 bridgehead atoms. The van der Waals surface area contributed by atoms with Crippen LogP contribution in [0.4, 0.5) is 0 Å². The maximum Gasteiger partial charge on any atom is 0.161 e. The van der Waals surface area contributed by atoms with E-state index in [1.807, 2.05) is 0 Å². The lowest BCUT2D eigenvalue weighted by Crippen LogP contribution is -2.42. The number of unbranched alkanes of at least 4 members (excludes halogenated alkanes) is 2. The van der Waals surface area contributed by atoms with Crippen LogP contribution >= 0.6 is 0 Å². The van der Waals surface area contributed by atoms with Crippen LogP contribution in [-0.2, 0) is 19.9 Å². The molecular formula is C23H30O6. The average Bonchev–Trinajstić information content (AvgIpc) is 2.72. The standard InChI is InChI=1S/C23H30O6/c1-5-6-7-9-17(24)15-18(25)22-20(28-3)10-8-13-23(22,26)16-11-12-19(27-2)21(14-16)29-4/h8,10-14,22,26H,5-7,9,15H2,1-4H3. The SMILES string of the molecule is CCCCCC(=O)CC(=O)C1C(OC)=CC=CC1(O)c1ccc(OC)c(OC)c1. The molecule has 2 atom stereocenters. The molecule has 6 heteroatoms. The lowest BCUT2D eigenvalue weighted by atomic mass is 9.74. The van der Waals surface area contributed by atoms with Crippen molar-refractivity contribution >= 4 is 11.6 Å². The first-order valence-electron chi connectivity index (χ1n) is 9.83. The highest BCUT2D eigenvalue weighted by atomic mass is 16.5. The summed E-state index contributed by atoms with van der Waals surface area (Å²) in [4.78, 5) is 25.4. The summed E-state index contributed by atoms with van der Waals surface area (Å²) in [6, 6.07) is 4.97. The van der Waals surface area contributed by atoms with Crippen molar-refractivity contribution in [3.8, 4) is 11.5 Å². The minimum Gasteiger partial charge on any atom is -0.500 e. The van der Waals surface area contributed by atoms with Crippen molar-refractivity contribution in [2.45, 2.75) is 44.6 Å². The minimum absolute atomic E-state index is 0.122. The Balaban J connectivity index is 2.36. The summed E-state index contributed by atoms with van der Waals surface area (Å²) in [6.07, 6.45) is 7.67. The highest BCUT2D eigenvalue weighted by Gasteiger charge is 2.46. The van der Waals surface area contributed by atoms with Crippen molar-refractivity contribution in [1.82, 2.24) is 0 Å². The molecule has 1 aromatic rings. The van der Waals surface area contributed by atoms with Crippen LogP contribution in [0.25, 0.3) is 0 Å². The van der Waals surface area contributed by atoms with Gasteiger partial charge in [-0.15, -0.1) is 0 Å². The molecular weight excluding hydrogens is 372 g/mol. The Labute approximate surface area is 172 Å². The molecule has 1 aromatic carbocycles. The molecule has 0 saturated heterocycles. The van der Waals surface area contributed by atoms with Gasteiger partial charge in [-0.1, -0.05) is 31.9 Å². The van der Waals surface area contributed by atoms with Crippen LogP contribution in [0.15, 0.2) is 42.2 Å². The summed E-state index contributed by atoms with van der Waals surface area (Å²) in [5.74, 6) is -0.260. The largest absolute Gasteiger partial charge is 0.500 e. The number of carbonyl (C=O) groups is 2. The zero-order valence-corrected chi connectivity index (χ0v) is 17.6. The number of ether oxygens (including phenoxy) is 3. The molecule has 1 aliphatic rings. The van der Waals surface area contributed by atoms with Gasteiger partial charge in [0.25, 0.3) is 0 Å². The third kappa shape index (κ3) is 5.07. The molecule has 2 rings (SSSR count). The number of allylic oxidation sites excluding steroid dienone is 2. The normalized spacial score (nSPS) is 20.7.